The van der Waals surface area contributed by atoms with Crippen molar-refractivity contribution in [1.82, 2.24) is 9.97 Å². The Morgan fingerprint density at radius 1 is 1.50 bits per heavy atom. The molecule has 0 aliphatic rings. The minimum atomic E-state index is 0.190. The first-order valence-electron chi connectivity index (χ1n) is 5.07. The molecule has 0 amide bonds. The van der Waals surface area contributed by atoms with Gasteiger partial charge in [0.2, 0.25) is 0 Å². The molecule has 0 aliphatic carbocycles. The molecular formula is C10H17BrN4O. The number of hydrogen-bond donors (Lipinski definition) is 2. The molecule has 0 fully saturated rings. The Labute approximate surface area is 104 Å². The van der Waals surface area contributed by atoms with Crippen LogP contribution in [0.4, 0.5) is 11.6 Å². The van der Waals surface area contributed by atoms with E-state index in [1.165, 1.54) is 6.33 Å². The molecule has 5 nitrogen and oxygen atoms in total. The van der Waals surface area contributed by atoms with Crippen molar-refractivity contribution in [2.45, 2.75) is 19.9 Å². The van der Waals surface area contributed by atoms with E-state index in [0.29, 0.717) is 28.6 Å². The van der Waals surface area contributed by atoms with Gasteiger partial charge >= 0.3 is 0 Å². The summed E-state index contributed by atoms with van der Waals surface area (Å²) in [5.41, 5.74) is 5.68. The van der Waals surface area contributed by atoms with Gasteiger partial charge in [0.15, 0.2) is 0 Å². The summed E-state index contributed by atoms with van der Waals surface area (Å²) in [6, 6.07) is 0.190. The highest BCUT2D eigenvalue weighted by Crippen LogP contribution is 2.25. The van der Waals surface area contributed by atoms with E-state index in [1.807, 2.05) is 0 Å². The molecular weight excluding hydrogens is 272 g/mol. The number of hydrogen-bond acceptors (Lipinski definition) is 5. The zero-order chi connectivity index (χ0) is 12.1. The van der Waals surface area contributed by atoms with Crippen LogP contribution in [0.25, 0.3) is 0 Å². The Morgan fingerprint density at radius 2 is 2.19 bits per heavy atom. The number of halogens is 1. The summed E-state index contributed by atoms with van der Waals surface area (Å²) in [5.74, 6) is 1.56. The molecule has 16 heavy (non-hydrogen) atoms. The van der Waals surface area contributed by atoms with Crippen molar-refractivity contribution in [1.29, 1.82) is 0 Å². The highest BCUT2D eigenvalue weighted by Gasteiger charge is 2.15. The van der Waals surface area contributed by atoms with E-state index in [1.54, 1.807) is 7.11 Å². The molecule has 0 aliphatic heterocycles. The largest absolute Gasteiger partial charge is 0.383 e. The molecule has 1 aromatic heterocycles. The summed E-state index contributed by atoms with van der Waals surface area (Å²) in [6.45, 7) is 4.86. The lowest BCUT2D eigenvalue weighted by atomic mass is 10.1. The number of nitrogens with one attached hydrogen (secondary N) is 1. The highest BCUT2D eigenvalue weighted by atomic mass is 79.9. The third-order valence-corrected chi connectivity index (χ3v) is 3.07. The number of nitrogen functional groups attached to an aromatic ring is 1. The molecule has 0 saturated heterocycles. The van der Waals surface area contributed by atoms with Crippen molar-refractivity contribution in [3.63, 3.8) is 0 Å². The summed E-state index contributed by atoms with van der Waals surface area (Å²) < 4.78 is 5.85. The number of aromatic nitrogens is 2. The van der Waals surface area contributed by atoms with Gasteiger partial charge in [-0.2, -0.15) is 0 Å². The van der Waals surface area contributed by atoms with Crippen molar-refractivity contribution in [2.24, 2.45) is 5.92 Å². The Morgan fingerprint density at radius 3 is 2.75 bits per heavy atom. The van der Waals surface area contributed by atoms with Crippen molar-refractivity contribution in [2.75, 3.05) is 24.8 Å². The van der Waals surface area contributed by atoms with E-state index in [4.69, 9.17) is 10.5 Å². The maximum absolute atomic E-state index is 5.68. The summed E-state index contributed by atoms with van der Waals surface area (Å²) in [7, 11) is 1.68. The van der Waals surface area contributed by atoms with Gasteiger partial charge in [0.25, 0.3) is 0 Å². The minimum absolute atomic E-state index is 0.190. The molecule has 0 aromatic carbocycles. The lowest BCUT2D eigenvalue weighted by molar-refractivity contribution is 0.171. The zero-order valence-corrected chi connectivity index (χ0v) is 11.3. The van der Waals surface area contributed by atoms with Crippen LogP contribution in [0.3, 0.4) is 0 Å². The van der Waals surface area contributed by atoms with Crippen LogP contribution >= 0.6 is 15.9 Å². The number of ether oxygens (including phenoxy) is 1. The minimum Gasteiger partial charge on any atom is -0.383 e. The third kappa shape index (κ3) is 3.31. The maximum Gasteiger partial charge on any atom is 0.146 e. The number of methoxy groups -OCH3 is 1. The van der Waals surface area contributed by atoms with Crippen LogP contribution in [0.5, 0.6) is 0 Å². The average molecular weight is 289 g/mol. The van der Waals surface area contributed by atoms with Crippen molar-refractivity contribution < 1.29 is 4.74 Å². The van der Waals surface area contributed by atoms with E-state index < -0.39 is 0 Å². The smallest absolute Gasteiger partial charge is 0.146 e. The van der Waals surface area contributed by atoms with Gasteiger partial charge in [0.1, 0.15) is 22.4 Å². The van der Waals surface area contributed by atoms with Gasteiger partial charge in [0, 0.05) is 7.11 Å². The SMILES string of the molecule is COCC(Nc1ncnc(N)c1Br)C(C)C. The summed E-state index contributed by atoms with van der Waals surface area (Å²) >= 11 is 3.36. The van der Waals surface area contributed by atoms with E-state index in [2.05, 4.69) is 45.1 Å². The Hall–Kier alpha value is -0.880. The van der Waals surface area contributed by atoms with Gasteiger partial charge < -0.3 is 15.8 Å². The molecule has 1 heterocycles. The topological polar surface area (TPSA) is 73.1 Å². The molecule has 1 rings (SSSR count). The first-order valence-corrected chi connectivity index (χ1v) is 5.87. The van der Waals surface area contributed by atoms with Gasteiger partial charge in [-0.15, -0.1) is 0 Å². The predicted molar refractivity (Wildman–Crippen MR) is 68.3 cm³/mol. The molecule has 3 N–H and O–H groups in total. The second-order valence-corrected chi connectivity index (χ2v) is 4.66. The molecule has 1 aromatic rings. The number of nitrogens with zero attached hydrogens (tertiary/aromatic N) is 2. The van der Waals surface area contributed by atoms with Crippen LogP contribution in [0.1, 0.15) is 13.8 Å². The van der Waals surface area contributed by atoms with Crippen molar-refractivity contribution >= 4 is 27.6 Å². The van der Waals surface area contributed by atoms with Gasteiger partial charge in [-0.05, 0) is 21.8 Å². The summed E-state index contributed by atoms with van der Waals surface area (Å²) in [4.78, 5) is 8.02. The maximum atomic E-state index is 5.68. The summed E-state index contributed by atoms with van der Waals surface area (Å²) in [5, 5.41) is 3.29. The fraction of sp³-hybridized carbons (Fsp3) is 0.600. The van der Waals surface area contributed by atoms with Gasteiger partial charge in [0.05, 0.1) is 12.6 Å². The Bertz CT molecular complexity index is 346. The van der Waals surface area contributed by atoms with Crippen LogP contribution < -0.4 is 11.1 Å². The monoisotopic (exact) mass is 288 g/mol. The van der Waals surface area contributed by atoms with Crippen molar-refractivity contribution in [3.05, 3.63) is 10.8 Å². The standard InChI is InChI=1S/C10H17BrN4O/c1-6(2)7(4-16-3)15-10-8(11)9(12)13-5-14-10/h5-7H,4H2,1-3H3,(H3,12,13,14,15). The number of anilines is 2. The van der Waals surface area contributed by atoms with Crippen LogP contribution in [-0.2, 0) is 4.74 Å². The second-order valence-electron chi connectivity index (χ2n) is 3.87. The normalized spacial score (nSPS) is 12.8. The molecule has 1 atom stereocenters. The Kier molecular flexibility index (Phi) is 4.95. The van der Waals surface area contributed by atoms with Crippen LogP contribution in [-0.4, -0.2) is 29.7 Å². The van der Waals surface area contributed by atoms with Crippen molar-refractivity contribution in [3.8, 4) is 0 Å². The molecule has 0 saturated carbocycles. The van der Waals surface area contributed by atoms with Crippen LogP contribution in [0, 0.1) is 5.92 Å². The highest BCUT2D eigenvalue weighted by molar-refractivity contribution is 9.10. The van der Waals surface area contributed by atoms with Gasteiger partial charge in [-0.1, -0.05) is 13.8 Å². The molecule has 0 spiro atoms. The fourth-order valence-corrected chi connectivity index (χ4v) is 1.56. The van der Waals surface area contributed by atoms with Gasteiger partial charge in [-0.3, -0.25) is 0 Å². The van der Waals surface area contributed by atoms with E-state index in [0.717, 1.165) is 0 Å². The molecule has 90 valence electrons. The third-order valence-electron chi connectivity index (χ3n) is 2.29. The first kappa shape index (κ1) is 13.2. The molecule has 0 radical (unpaired) electrons. The fourth-order valence-electron chi connectivity index (χ4n) is 1.24. The zero-order valence-electron chi connectivity index (χ0n) is 9.70. The summed E-state index contributed by atoms with van der Waals surface area (Å²) in [6.07, 6.45) is 1.44. The van der Waals surface area contributed by atoms with Gasteiger partial charge in [-0.25, -0.2) is 9.97 Å². The van der Waals surface area contributed by atoms with E-state index in [-0.39, 0.29) is 6.04 Å². The van der Waals surface area contributed by atoms with Crippen LogP contribution in [0.2, 0.25) is 0 Å². The Balaban J connectivity index is 2.81. The number of nitrogens with two attached hydrogens (primary N) is 1. The van der Waals surface area contributed by atoms with Crippen LogP contribution in [0.15, 0.2) is 10.8 Å². The predicted octanol–water partition coefficient (Wildman–Crippen LogP) is 1.90. The first-order chi connectivity index (χ1) is 7.56. The van der Waals surface area contributed by atoms with E-state index >= 15 is 0 Å². The lowest BCUT2D eigenvalue weighted by Crippen LogP contribution is -2.31. The van der Waals surface area contributed by atoms with E-state index in [9.17, 15) is 0 Å². The quantitative estimate of drug-likeness (QED) is 0.866. The molecule has 0 bridgehead atoms. The molecule has 1 unspecified atom stereocenters. The number of rotatable bonds is 5. The lowest BCUT2D eigenvalue weighted by Gasteiger charge is -2.22. The molecule has 6 heteroatoms. The second kappa shape index (κ2) is 6.00. The average Bonchev–Trinajstić information content (AvgIpc) is 2.23.